The van der Waals surface area contributed by atoms with E-state index < -0.39 is 35.7 Å². The van der Waals surface area contributed by atoms with E-state index in [1.807, 2.05) is 84.2 Å². The number of hydrogen-bond acceptors (Lipinski definition) is 5. The van der Waals surface area contributed by atoms with Crippen molar-refractivity contribution in [1.82, 2.24) is 19.8 Å². The normalized spacial score (nSPS) is 13.2. The lowest BCUT2D eigenvalue weighted by molar-refractivity contribution is -0.145. The van der Waals surface area contributed by atoms with Crippen molar-refractivity contribution in [2.75, 3.05) is 7.11 Å². The van der Waals surface area contributed by atoms with Gasteiger partial charge in [-0.05, 0) is 44.0 Å². The van der Waals surface area contributed by atoms with E-state index in [0.717, 1.165) is 32.9 Å². The number of aromatic nitrogens is 2. The van der Waals surface area contributed by atoms with E-state index in [9.17, 15) is 14.4 Å². The van der Waals surface area contributed by atoms with Crippen LogP contribution in [0.4, 0.5) is 4.79 Å². The number of hydrogen-bond donors (Lipinski definition) is 2. The fraction of sp³-hybridized carbons (Fsp3) is 0.367. The van der Waals surface area contributed by atoms with Crippen molar-refractivity contribution in [2.24, 2.45) is 14.1 Å². The molecule has 0 saturated carbocycles. The highest BCUT2D eigenvalue weighted by molar-refractivity contribution is 5.92. The zero-order valence-electron chi connectivity index (χ0n) is 23.3. The molecule has 0 saturated heterocycles. The number of methoxy groups -OCH3 is 1. The van der Waals surface area contributed by atoms with E-state index in [1.54, 1.807) is 20.8 Å². The van der Waals surface area contributed by atoms with Gasteiger partial charge in [0, 0.05) is 61.1 Å². The first-order valence-electron chi connectivity index (χ1n) is 12.9. The zero-order chi connectivity index (χ0) is 28.3. The van der Waals surface area contributed by atoms with Crippen molar-refractivity contribution in [3.63, 3.8) is 0 Å². The van der Waals surface area contributed by atoms with Crippen molar-refractivity contribution in [1.29, 1.82) is 0 Å². The van der Waals surface area contributed by atoms with E-state index in [-0.39, 0.29) is 12.8 Å². The Morgan fingerprint density at radius 1 is 0.795 bits per heavy atom. The highest BCUT2D eigenvalue weighted by atomic mass is 16.6. The molecule has 9 heteroatoms. The smallest absolute Gasteiger partial charge is 0.408 e. The Kier molecular flexibility index (Phi) is 7.99. The number of rotatable bonds is 8. The second-order valence-corrected chi connectivity index (χ2v) is 10.8. The Balaban J connectivity index is 1.62. The lowest BCUT2D eigenvalue weighted by Gasteiger charge is -2.25. The molecule has 206 valence electrons. The number of aryl methyl sites for hydroxylation is 2. The Morgan fingerprint density at radius 3 is 1.77 bits per heavy atom. The Hall–Kier alpha value is -4.27. The number of esters is 1. The number of fused-ring (bicyclic) bond motifs is 2. The van der Waals surface area contributed by atoms with E-state index in [1.165, 1.54) is 7.11 Å². The summed E-state index contributed by atoms with van der Waals surface area (Å²) < 4.78 is 14.4. The molecule has 0 aliphatic rings. The maximum atomic E-state index is 13.7. The van der Waals surface area contributed by atoms with E-state index in [2.05, 4.69) is 10.6 Å². The molecular weight excluding hydrogens is 496 g/mol. The number of carbonyl (C=O) groups is 3. The van der Waals surface area contributed by atoms with Crippen LogP contribution in [0.3, 0.4) is 0 Å². The SMILES string of the molecule is COC(=O)C(Cc1cn(C)c2ccccc12)NC(=O)C(Cc1cn(C)c2ccccc12)NC(=O)OC(C)(C)C. The van der Waals surface area contributed by atoms with Crippen molar-refractivity contribution in [3.8, 4) is 0 Å². The van der Waals surface area contributed by atoms with Gasteiger partial charge in [-0.15, -0.1) is 0 Å². The van der Waals surface area contributed by atoms with E-state index in [0.29, 0.717) is 0 Å². The number of nitrogens with zero attached hydrogens (tertiary/aromatic N) is 2. The first-order chi connectivity index (χ1) is 18.5. The Bertz CT molecular complexity index is 1510. The lowest BCUT2D eigenvalue weighted by atomic mass is 10.0. The van der Waals surface area contributed by atoms with Crippen LogP contribution in [0.5, 0.6) is 0 Å². The molecule has 0 fully saturated rings. The van der Waals surface area contributed by atoms with Gasteiger partial charge in [0.15, 0.2) is 0 Å². The molecule has 2 atom stereocenters. The molecule has 2 aromatic carbocycles. The zero-order valence-corrected chi connectivity index (χ0v) is 23.3. The largest absolute Gasteiger partial charge is 0.467 e. The molecule has 4 aromatic rings. The standard InChI is InChI=1S/C30H36N4O5/c1-30(2,3)39-29(37)32-23(15-19-17-33(4)25-13-9-7-11-21(19)25)27(35)31-24(28(36)38-6)16-20-18-34(5)26-14-10-8-12-22(20)26/h7-14,17-18,23-24H,15-16H2,1-6H3,(H,31,35)(H,32,37). The third kappa shape index (κ3) is 6.42. The van der Waals surface area contributed by atoms with Gasteiger partial charge in [-0.25, -0.2) is 9.59 Å². The molecular formula is C30H36N4O5. The van der Waals surface area contributed by atoms with Crippen LogP contribution < -0.4 is 10.6 Å². The summed E-state index contributed by atoms with van der Waals surface area (Å²) in [7, 11) is 5.15. The Morgan fingerprint density at radius 2 is 1.28 bits per heavy atom. The van der Waals surface area contributed by atoms with Gasteiger partial charge in [0.25, 0.3) is 0 Å². The van der Waals surface area contributed by atoms with Crippen molar-refractivity contribution in [2.45, 2.75) is 51.3 Å². The average molecular weight is 533 g/mol. The van der Waals surface area contributed by atoms with Gasteiger partial charge in [-0.1, -0.05) is 36.4 Å². The minimum atomic E-state index is -0.995. The predicted octanol–water partition coefficient (Wildman–Crippen LogP) is 4.01. The molecule has 2 amide bonds. The molecule has 2 heterocycles. The summed E-state index contributed by atoms with van der Waals surface area (Å²) in [5.41, 5.74) is 3.06. The molecule has 2 aromatic heterocycles. The number of nitrogens with one attached hydrogen (secondary N) is 2. The summed E-state index contributed by atoms with van der Waals surface area (Å²) in [6.07, 6.45) is 3.60. The molecule has 0 aliphatic heterocycles. The summed E-state index contributed by atoms with van der Waals surface area (Å²) in [6.45, 7) is 5.26. The van der Waals surface area contributed by atoms with Gasteiger partial charge < -0.3 is 29.2 Å². The number of para-hydroxylation sites is 2. The van der Waals surface area contributed by atoms with Gasteiger partial charge in [0.1, 0.15) is 17.7 Å². The fourth-order valence-electron chi connectivity index (χ4n) is 4.88. The van der Waals surface area contributed by atoms with Gasteiger partial charge in [0.05, 0.1) is 7.11 Å². The van der Waals surface area contributed by atoms with Crippen molar-refractivity contribution < 1.29 is 23.9 Å². The van der Waals surface area contributed by atoms with Crippen LogP contribution in [0.2, 0.25) is 0 Å². The van der Waals surface area contributed by atoms with Crippen LogP contribution >= 0.6 is 0 Å². The minimum absolute atomic E-state index is 0.203. The molecule has 0 spiro atoms. The molecule has 0 radical (unpaired) electrons. The third-order valence-electron chi connectivity index (χ3n) is 6.62. The summed E-state index contributed by atoms with van der Waals surface area (Å²) >= 11 is 0. The van der Waals surface area contributed by atoms with Crippen LogP contribution in [0.1, 0.15) is 31.9 Å². The number of carbonyl (C=O) groups excluding carboxylic acids is 3. The minimum Gasteiger partial charge on any atom is -0.467 e. The molecule has 0 bridgehead atoms. The molecule has 39 heavy (non-hydrogen) atoms. The molecule has 2 N–H and O–H groups in total. The maximum absolute atomic E-state index is 13.7. The van der Waals surface area contributed by atoms with Crippen LogP contribution in [-0.2, 0) is 46.0 Å². The Labute approximate surface area is 228 Å². The maximum Gasteiger partial charge on any atom is 0.408 e. The average Bonchev–Trinajstić information content (AvgIpc) is 3.37. The van der Waals surface area contributed by atoms with Gasteiger partial charge in [0.2, 0.25) is 5.91 Å². The monoisotopic (exact) mass is 532 g/mol. The molecule has 9 nitrogen and oxygen atoms in total. The van der Waals surface area contributed by atoms with Gasteiger partial charge in [-0.2, -0.15) is 0 Å². The summed E-state index contributed by atoms with van der Waals surface area (Å²) in [5.74, 6) is -1.08. The number of benzene rings is 2. The highest BCUT2D eigenvalue weighted by Crippen LogP contribution is 2.23. The fourth-order valence-corrected chi connectivity index (χ4v) is 4.88. The van der Waals surface area contributed by atoms with Crippen LogP contribution in [-0.4, -0.2) is 51.9 Å². The summed E-state index contributed by atoms with van der Waals surface area (Å²) in [4.78, 5) is 39.2. The van der Waals surface area contributed by atoms with Gasteiger partial charge >= 0.3 is 12.1 Å². The second kappa shape index (κ2) is 11.2. The molecule has 0 aliphatic carbocycles. The number of amides is 2. The van der Waals surface area contributed by atoms with Gasteiger partial charge in [-0.3, -0.25) is 4.79 Å². The summed E-state index contributed by atoms with van der Waals surface area (Å²) in [6, 6.07) is 13.8. The molecule has 4 rings (SSSR count). The van der Waals surface area contributed by atoms with E-state index in [4.69, 9.17) is 9.47 Å². The quantitative estimate of drug-likeness (QED) is 0.334. The van der Waals surface area contributed by atoms with Crippen molar-refractivity contribution >= 4 is 39.8 Å². The lowest BCUT2D eigenvalue weighted by Crippen LogP contribution is -2.53. The van der Waals surface area contributed by atoms with Crippen LogP contribution in [0, 0.1) is 0 Å². The van der Waals surface area contributed by atoms with Crippen molar-refractivity contribution in [3.05, 3.63) is 72.1 Å². The number of ether oxygens (including phenoxy) is 2. The highest BCUT2D eigenvalue weighted by Gasteiger charge is 2.30. The second-order valence-electron chi connectivity index (χ2n) is 10.8. The topological polar surface area (TPSA) is 104 Å². The first kappa shape index (κ1) is 27.8. The number of alkyl carbamates (subject to hydrolysis) is 1. The predicted molar refractivity (Wildman–Crippen MR) is 150 cm³/mol. The van der Waals surface area contributed by atoms with Crippen LogP contribution in [0.25, 0.3) is 21.8 Å². The molecule has 2 unspecified atom stereocenters. The third-order valence-corrected chi connectivity index (χ3v) is 6.62. The first-order valence-corrected chi connectivity index (χ1v) is 12.9. The summed E-state index contributed by atoms with van der Waals surface area (Å²) in [5, 5.41) is 7.52. The van der Waals surface area contributed by atoms with E-state index >= 15 is 0 Å². The van der Waals surface area contributed by atoms with Crippen LogP contribution in [0.15, 0.2) is 60.9 Å².